The van der Waals surface area contributed by atoms with Crippen molar-refractivity contribution in [3.63, 3.8) is 0 Å². The van der Waals surface area contributed by atoms with Gasteiger partial charge in [0.2, 0.25) is 11.7 Å². The molecular weight excluding hydrogens is 366 g/mol. The molecule has 1 amide bonds. The zero-order valence-corrected chi connectivity index (χ0v) is 16.5. The normalized spacial score (nSPS) is 10.9. The molecule has 0 aliphatic carbocycles. The summed E-state index contributed by atoms with van der Waals surface area (Å²) in [6, 6.07) is 11.3. The fourth-order valence-corrected chi connectivity index (χ4v) is 2.93. The van der Waals surface area contributed by atoms with Gasteiger partial charge in [0.05, 0.1) is 6.20 Å². The lowest BCUT2D eigenvalue weighted by atomic mass is 10.1. The first kappa shape index (κ1) is 18.6. The van der Waals surface area contributed by atoms with Gasteiger partial charge in [-0.05, 0) is 44.5 Å². The summed E-state index contributed by atoms with van der Waals surface area (Å²) >= 11 is 0. The number of rotatable bonds is 5. The molecule has 29 heavy (non-hydrogen) atoms. The van der Waals surface area contributed by atoms with Crippen molar-refractivity contribution in [3.05, 3.63) is 77.6 Å². The smallest absolute Gasteiger partial charge is 0.274 e. The number of hydrogen-bond acceptors (Lipinski definition) is 5. The highest BCUT2D eigenvalue weighted by Gasteiger charge is 2.15. The number of pyridine rings is 1. The second-order valence-electron chi connectivity index (χ2n) is 7.05. The van der Waals surface area contributed by atoms with Crippen LogP contribution >= 0.6 is 0 Å². The number of amides is 1. The number of benzene rings is 1. The van der Waals surface area contributed by atoms with E-state index >= 15 is 0 Å². The Morgan fingerprint density at radius 3 is 2.93 bits per heavy atom. The summed E-state index contributed by atoms with van der Waals surface area (Å²) in [5.74, 6) is 0.812. The minimum atomic E-state index is -0.235. The van der Waals surface area contributed by atoms with E-state index in [1.165, 1.54) is 5.57 Å². The Morgan fingerprint density at radius 1 is 1.24 bits per heavy atom. The molecule has 7 nitrogen and oxygen atoms in total. The van der Waals surface area contributed by atoms with Crippen molar-refractivity contribution in [1.29, 1.82) is 0 Å². The van der Waals surface area contributed by atoms with Gasteiger partial charge in [-0.2, -0.15) is 4.98 Å². The highest BCUT2D eigenvalue weighted by Crippen LogP contribution is 2.24. The predicted octanol–water partition coefficient (Wildman–Crippen LogP) is 4.45. The van der Waals surface area contributed by atoms with E-state index in [9.17, 15) is 4.79 Å². The number of aromatic nitrogens is 4. The maximum Gasteiger partial charge on any atom is 0.274 e. The van der Waals surface area contributed by atoms with Crippen molar-refractivity contribution in [3.8, 4) is 11.4 Å². The van der Waals surface area contributed by atoms with Crippen LogP contribution in [0.2, 0.25) is 0 Å². The standard InChI is InChI=1S/C22H21N5O2/c1-14(2)7-10-20-25-21(26-29-20)16-9-8-15(3)17(12-16)24-22(28)18-13-23-19-6-4-5-11-27(18)19/h4-9,11-13H,10H2,1-3H3,(H,24,28). The molecule has 0 fully saturated rings. The molecule has 1 N–H and O–H groups in total. The summed E-state index contributed by atoms with van der Waals surface area (Å²) in [5, 5.41) is 7.03. The average Bonchev–Trinajstić information content (AvgIpc) is 3.35. The molecule has 0 saturated heterocycles. The zero-order chi connectivity index (χ0) is 20.4. The number of fused-ring (bicyclic) bond motifs is 1. The Bertz CT molecular complexity index is 1210. The maximum absolute atomic E-state index is 12.8. The van der Waals surface area contributed by atoms with E-state index in [1.54, 1.807) is 10.6 Å². The van der Waals surface area contributed by atoms with Crippen LogP contribution in [-0.4, -0.2) is 25.4 Å². The van der Waals surface area contributed by atoms with Gasteiger partial charge in [-0.15, -0.1) is 0 Å². The second-order valence-corrected chi connectivity index (χ2v) is 7.05. The summed E-state index contributed by atoms with van der Waals surface area (Å²) in [6.07, 6.45) is 6.01. The van der Waals surface area contributed by atoms with Crippen LogP contribution in [-0.2, 0) is 6.42 Å². The topological polar surface area (TPSA) is 85.3 Å². The Morgan fingerprint density at radius 2 is 2.10 bits per heavy atom. The zero-order valence-electron chi connectivity index (χ0n) is 16.5. The fraction of sp³-hybridized carbons (Fsp3) is 0.182. The first-order chi connectivity index (χ1) is 14.0. The molecule has 146 valence electrons. The molecule has 1 aromatic carbocycles. The number of carbonyl (C=O) groups is 1. The van der Waals surface area contributed by atoms with Crippen molar-refractivity contribution in [2.45, 2.75) is 27.2 Å². The molecule has 0 spiro atoms. The second kappa shape index (κ2) is 7.71. The van der Waals surface area contributed by atoms with Crippen LogP contribution in [0.15, 0.2) is 65.0 Å². The fourth-order valence-electron chi connectivity index (χ4n) is 2.93. The third kappa shape index (κ3) is 3.94. The third-order valence-electron chi connectivity index (χ3n) is 4.55. The predicted molar refractivity (Wildman–Crippen MR) is 111 cm³/mol. The number of carbonyl (C=O) groups excluding carboxylic acids is 1. The van der Waals surface area contributed by atoms with Crippen LogP contribution in [0.1, 0.15) is 35.8 Å². The number of anilines is 1. The molecule has 4 rings (SSSR count). The number of nitrogens with one attached hydrogen (secondary N) is 1. The summed E-state index contributed by atoms with van der Waals surface area (Å²) in [6.45, 7) is 5.98. The summed E-state index contributed by atoms with van der Waals surface area (Å²) in [5.41, 5.74) is 4.78. The van der Waals surface area contributed by atoms with Gasteiger partial charge in [0.15, 0.2) is 0 Å². The summed E-state index contributed by atoms with van der Waals surface area (Å²) in [7, 11) is 0. The lowest BCUT2D eigenvalue weighted by Crippen LogP contribution is -2.15. The number of hydrogen-bond donors (Lipinski definition) is 1. The van der Waals surface area contributed by atoms with E-state index in [0.29, 0.717) is 29.5 Å². The highest BCUT2D eigenvalue weighted by atomic mass is 16.5. The van der Waals surface area contributed by atoms with Gasteiger partial charge in [-0.1, -0.05) is 35.0 Å². The van der Waals surface area contributed by atoms with Crippen molar-refractivity contribution in [2.24, 2.45) is 0 Å². The first-order valence-corrected chi connectivity index (χ1v) is 9.31. The molecule has 0 aliphatic rings. The Labute approximate surface area is 168 Å². The minimum Gasteiger partial charge on any atom is -0.339 e. The average molecular weight is 387 g/mol. The van der Waals surface area contributed by atoms with Gasteiger partial charge in [0.1, 0.15) is 11.3 Å². The highest BCUT2D eigenvalue weighted by molar-refractivity contribution is 6.04. The largest absolute Gasteiger partial charge is 0.339 e. The third-order valence-corrected chi connectivity index (χ3v) is 4.55. The summed E-state index contributed by atoms with van der Waals surface area (Å²) in [4.78, 5) is 21.5. The van der Waals surface area contributed by atoms with E-state index in [1.807, 2.05) is 69.4 Å². The number of imidazole rings is 1. The first-order valence-electron chi connectivity index (χ1n) is 9.31. The van der Waals surface area contributed by atoms with E-state index < -0.39 is 0 Å². The SMILES string of the molecule is CC(C)=CCc1nc(-c2ccc(C)c(NC(=O)c3cnc4ccccn34)c2)no1. The van der Waals surface area contributed by atoms with Crippen LogP contribution in [0, 0.1) is 6.92 Å². The van der Waals surface area contributed by atoms with Crippen molar-refractivity contribution in [2.75, 3.05) is 5.32 Å². The van der Waals surface area contributed by atoms with Crippen LogP contribution in [0.25, 0.3) is 17.0 Å². The van der Waals surface area contributed by atoms with Gasteiger partial charge in [0.25, 0.3) is 5.91 Å². The molecule has 7 heteroatoms. The van der Waals surface area contributed by atoms with E-state index in [4.69, 9.17) is 4.52 Å². The monoisotopic (exact) mass is 387 g/mol. The Kier molecular flexibility index (Phi) is 4.95. The van der Waals surface area contributed by atoms with Crippen molar-refractivity contribution >= 4 is 17.2 Å². The molecule has 0 unspecified atom stereocenters. The molecule has 0 saturated carbocycles. The number of nitrogens with zero attached hydrogens (tertiary/aromatic N) is 4. The molecule has 0 bridgehead atoms. The van der Waals surface area contributed by atoms with Gasteiger partial charge in [-0.25, -0.2) is 4.98 Å². The quantitative estimate of drug-likeness (QED) is 0.511. The summed E-state index contributed by atoms with van der Waals surface area (Å²) < 4.78 is 7.08. The van der Waals surface area contributed by atoms with Gasteiger partial charge >= 0.3 is 0 Å². The Hall–Kier alpha value is -3.74. The van der Waals surface area contributed by atoms with Gasteiger partial charge in [-0.3, -0.25) is 9.20 Å². The van der Waals surface area contributed by atoms with E-state index in [0.717, 1.165) is 16.8 Å². The number of aryl methyl sites for hydroxylation is 1. The lowest BCUT2D eigenvalue weighted by molar-refractivity contribution is 0.102. The Balaban J connectivity index is 1.59. The molecule has 0 radical (unpaired) electrons. The number of allylic oxidation sites excluding steroid dienone is 2. The van der Waals surface area contributed by atoms with Crippen LogP contribution in [0.4, 0.5) is 5.69 Å². The van der Waals surface area contributed by atoms with Crippen molar-refractivity contribution in [1.82, 2.24) is 19.5 Å². The van der Waals surface area contributed by atoms with E-state index in [-0.39, 0.29) is 5.91 Å². The molecule has 4 aromatic rings. The molecular formula is C22H21N5O2. The van der Waals surface area contributed by atoms with Crippen LogP contribution in [0.3, 0.4) is 0 Å². The minimum absolute atomic E-state index is 0.235. The molecule has 3 heterocycles. The van der Waals surface area contributed by atoms with Crippen LogP contribution in [0.5, 0.6) is 0 Å². The van der Waals surface area contributed by atoms with Crippen LogP contribution < -0.4 is 5.32 Å². The van der Waals surface area contributed by atoms with E-state index in [2.05, 4.69) is 20.4 Å². The maximum atomic E-state index is 12.8. The molecule has 0 atom stereocenters. The van der Waals surface area contributed by atoms with Gasteiger partial charge < -0.3 is 9.84 Å². The van der Waals surface area contributed by atoms with Crippen molar-refractivity contribution < 1.29 is 9.32 Å². The molecule has 0 aliphatic heterocycles. The van der Waals surface area contributed by atoms with Gasteiger partial charge in [0, 0.05) is 23.9 Å². The molecule has 3 aromatic heterocycles. The lowest BCUT2D eigenvalue weighted by Gasteiger charge is -2.09.